The molecule has 0 aromatic heterocycles. The number of phenolic OH excluding ortho intramolecular Hbond substituents is 2. The first-order valence-corrected chi connectivity index (χ1v) is 8.55. The third-order valence-electron chi connectivity index (χ3n) is 3.42. The second-order valence-electron chi connectivity index (χ2n) is 5.46. The Labute approximate surface area is 161 Å². The third kappa shape index (κ3) is 5.82. The summed E-state index contributed by atoms with van der Waals surface area (Å²) in [6.07, 6.45) is 0.671. The van der Waals surface area contributed by atoms with Crippen LogP contribution in [-0.4, -0.2) is 28.4 Å². The van der Waals surface area contributed by atoms with Crippen LogP contribution in [0.4, 0.5) is 0 Å². The molecule has 6 nitrogen and oxygen atoms in total. The molecule has 0 aliphatic rings. The van der Waals surface area contributed by atoms with Crippen LogP contribution < -0.4 is 10.2 Å². The molecule has 0 radical (unpaired) electrons. The molecule has 0 saturated carbocycles. The molecule has 0 aliphatic heterocycles. The Kier molecular flexibility index (Phi) is 7.12. The summed E-state index contributed by atoms with van der Waals surface area (Å²) < 4.78 is 5.50. The molecule has 0 unspecified atom stereocenters. The van der Waals surface area contributed by atoms with Crippen LogP contribution in [0.1, 0.15) is 25.3 Å². The van der Waals surface area contributed by atoms with Crippen molar-refractivity contribution in [3.8, 4) is 17.2 Å². The fourth-order valence-electron chi connectivity index (χ4n) is 2.08. The summed E-state index contributed by atoms with van der Waals surface area (Å²) >= 11 is 11.8. The molecule has 138 valence electrons. The number of ether oxygens (including phenoxy) is 1. The summed E-state index contributed by atoms with van der Waals surface area (Å²) in [6, 6.07) is 9.00. The lowest BCUT2D eigenvalue weighted by molar-refractivity contribution is -0.121. The lowest BCUT2D eigenvalue weighted by atomic mass is 10.1. The minimum atomic E-state index is -0.296. The van der Waals surface area contributed by atoms with Crippen molar-refractivity contribution in [3.63, 3.8) is 0 Å². The monoisotopic (exact) mass is 396 g/mol. The minimum Gasteiger partial charge on any atom is -0.508 e. The maximum absolute atomic E-state index is 11.8. The first-order chi connectivity index (χ1) is 12.4. The van der Waals surface area contributed by atoms with E-state index in [4.69, 9.17) is 27.9 Å². The van der Waals surface area contributed by atoms with Gasteiger partial charge in [-0.05, 0) is 49.7 Å². The quantitative estimate of drug-likeness (QED) is 0.284. The van der Waals surface area contributed by atoms with Crippen molar-refractivity contribution >= 4 is 34.8 Å². The number of aromatic hydroxyl groups is 2. The molecule has 2 rings (SSSR count). The molecule has 0 bridgehead atoms. The number of carbonyl (C=O) groups is 1. The Morgan fingerprint density at radius 2 is 1.96 bits per heavy atom. The van der Waals surface area contributed by atoms with Gasteiger partial charge in [0.05, 0.1) is 17.3 Å². The molecular weight excluding hydrogens is 379 g/mol. The molecule has 0 saturated heterocycles. The van der Waals surface area contributed by atoms with Gasteiger partial charge in [-0.3, -0.25) is 4.79 Å². The van der Waals surface area contributed by atoms with Gasteiger partial charge in [0, 0.05) is 17.0 Å². The van der Waals surface area contributed by atoms with Crippen molar-refractivity contribution < 1.29 is 19.7 Å². The second-order valence-corrected chi connectivity index (χ2v) is 6.30. The summed E-state index contributed by atoms with van der Waals surface area (Å²) in [4.78, 5) is 11.8. The van der Waals surface area contributed by atoms with E-state index in [9.17, 15) is 15.0 Å². The van der Waals surface area contributed by atoms with Crippen LogP contribution in [0, 0.1) is 0 Å². The molecular formula is C18H18Cl2N2O4. The minimum absolute atomic E-state index is 0.00307. The van der Waals surface area contributed by atoms with E-state index in [0.29, 0.717) is 40.1 Å². The van der Waals surface area contributed by atoms with Crippen LogP contribution in [-0.2, 0) is 4.79 Å². The number of carbonyl (C=O) groups excluding carboxylic acids is 1. The average Bonchev–Trinajstić information content (AvgIpc) is 2.60. The maximum atomic E-state index is 11.8. The molecule has 2 aromatic rings. The maximum Gasteiger partial charge on any atom is 0.240 e. The SMILES string of the molecule is C/C(=N/NC(=O)CCCOc1ccc(Cl)cc1Cl)c1cc(O)ccc1O. The predicted octanol–water partition coefficient (Wildman–Crippen LogP) is 4.10. The number of phenols is 2. The zero-order valence-corrected chi connectivity index (χ0v) is 15.5. The van der Waals surface area contributed by atoms with Gasteiger partial charge in [-0.15, -0.1) is 0 Å². The van der Waals surface area contributed by atoms with Crippen LogP contribution in [0.2, 0.25) is 10.0 Å². The number of nitrogens with zero attached hydrogens (tertiary/aromatic N) is 1. The van der Waals surface area contributed by atoms with Crippen LogP contribution in [0.3, 0.4) is 0 Å². The van der Waals surface area contributed by atoms with Crippen molar-refractivity contribution in [2.75, 3.05) is 6.61 Å². The molecule has 0 heterocycles. The Morgan fingerprint density at radius 3 is 2.69 bits per heavy atom. The number of benzene rings is 2. The number of nitrogens with one attached hydrogen (secondary N) is 1. The molecule has 1 amide bonds. The van der Waals surface area contributed by atoms with Crippen molar-refractivity contribution in [2.45, 2.75) is 19.8 Å². The van der Waals surface area contributed by atoms with E-state index in [1.54, 1.807) is 25.1 Å². The van der Waals surface area contributed by atoms with Gasteiger partial charge in [-0.25, -0.2) is 5.43 Å². The van der Waals surface area contributed by atoms with Gasteiger partial charge < -0.3 is 14.9 Å². The third-order valence-corrected chi connectivity index (χ3v) is 3.95. The molecule has 0 aliphatic carbocycles. The van der Waals surface area contributed by atoms with Crippen LogP contribution in [0.25, 0.3) is 0 Å². The summed E-state index contributed by atoms with van der Waals surface area (Å²) in [5.41, 5.74) is 3.11. The Hall–Kier alpha value is -2.44. The van der Waals surface area contributed by atoms with Crippen molar-refractivity contribution in [1.82, 2.24) is 5.43 Å². The molecule has 0 fully saturated rings. The van der Waals surface area contributed by atoms with Crippen LogP contribution in [0.15, 0.2) is 41.5 Å². The highest BCUT2D eigenvalue weighted by atomic mass is 35.5. The lowest BCUT2D eigenvalue weighted by Crippen LogP contribution is -2.19. The summed E-state index contributed by atoms with van der Waals surface area (Å²) in [7, 11) is 0. The van der Waals surface area contributed by atoms with Gasteiger partial charge in [-0.1, -0.05) is 23.2 Å². The number of amides is 1. The van der Waals surface area contributed by atoms with Crippen molar-refractivity contribution in [2.24, 2.45) is 5.10 Å². The Bertz CT molecular complexity index is 825. The van der Waals surface area contributed by atoms with E-state index in [2.05, 4.69) is 10.5 Å². The van der Waals surface area contributed by atoms with E-state index < -0.39 is 0 Å². The summed E-state index contributed by atoms with van der Waals surface area (Å²) in [5, 5.41) is 24.1. The zero-order valence-electron chi connectivity index (χ0n) is 14.0. The molecule has 2 aromatic carbocycles. The van der Waals surface area contributed by atoms with Gasteiger partial charge >= 0.3 is 0 Å². The highest BCUT2D eigenvalue weighted by Gasteiger charge is 2.08. The number of hydrazone groups is 1. The highest BCUT2D eigenvalue weighted by molar-refractivity contribution is 6.35. The van der Waals surface area contributed by atoms with Crippen molar-refractivity contribution in [1.29, 1.82) is 0 Å². The molecule has 0 atom stereocenters. The number of hydrogen-bond acceptors (Lipinski definition) is 5. The number of rotatable bonds is 7. The summed E-state index contributed by atoms with van der Waals surface area (Å²) in [6.45, 7) is 1.92. The molecule has 0 spiro atoms. The first-order valence-electron chi connectivity index (χ1n) is 7.80. The normalized spacial score (nSPS) is 11.3. The fourth-order valence-corrected chi connectivity index (χ4v) is 2.55. The Balaban J connectivity index is 1.79. The van der Waals surface area contributed by atoms with Crippen LogP contribution in [0.5, 0.6) is 17.2 Å². The summed E-state index contributed by atoms with van der Waals surface area (Å²) in [5.74, 6) is 0.169. The molecule has 3 N–H and O–H groups in total. The van der Waals surface area contributed by atoms with Gasteiger partial charge in [0.25, 0.3) is 0 Å². The van der Waals surface area contributed by atoms with E-state index >= 15 is 0 Å². The van der Waals surface area contributed by atoms with Gasteiger partial charge in [0.2, 0.25) is 5.91 Å². The van der Waals surface area contributed by atoms with E-state index in [1.807, 2.05) is 0 Å². The standard InChI is InChI=1S/C18H18Cl2N2O4/c1-11(14-10-13(23)5-6-16(14)24)21-22-18(25)3-2-8-26-17-7-4-12(19)9-15(17)20/h4-7,9-10,23-24H,2-3,8H2,1H3,(H,22,25)/b21-11-. The second kappa shape index (κ2) is 9.31. The fraction of sp³-hybridized carbons (Fsp3) is 0.222. The van der Waals surface area contributed by atoms with Gasteiger partial charge in [0.15, 0.2) is 0 Å². The first kappa shape index (κ1) is 19.9. The van der Waals surface area contributed by atoms with Gasteiger partial charge in [0.1, 0.15) is 17.2 Å². The van der Waals surface area contributed by atoms with Crippen molar-refractivity contribution in [3.05, 3.63) is 52.0 Å². The smallest absolute Gasteiger partial charge is 0.240 e. The average molecular weight is 397 g/mol. The van der Waals surface area contributed by atoms with Gasteiger partial charge in [-0.2, -0.15) is 5.10 Å². The molecule has 26 heavy (non-hydrogen) atoms. The van der Waals surface area contributed by atoms with Crippen LogP contribution >= 0.6 is 23.2 Å². The predicted molar refractivity (Wildman–Crippen MR) is 101 cm³/mol. The number of halogens is 2. The lowest BCUT2D eigenvalue weighted by Gasteiger charge is -2.08. The highest BCUT2D eigenvalue weighted by Crippen LogP contribution is 2.27. The van der Waals surface area contributed by atoms with E-state index in [-0.39, 0.29) is 23.8 Å². The zero-order chi connectivity index (χ0) is 19.1. The van der Waals surface area contributed by atoms with E-state index in [0.717, 1.165) is 0 Å². The molecule has 8 heteroatoms. The Morgan fingerprint density at radius 1 is 1.19 bits per heavy atom. The number of hydrogen-bond donors (Lipinski definition) is 3. The largest absolute Gasteiger partial charge is 0.508 e. The van der Waals surface area contributed by atoms with E-state index in [1.165, 1.54) is 18.2 Å². The topological polar surface area (TPSA) is 91.2 Å².